The van der Waals surface area contributed by atoms with Gasteiger partial charge in [0.25, 0.3) is 0 Å². The third-order valence-corrected chi connectivity index (χ3v) is 3.36. The number of hydrogen-bond acceptors (Lipinski definition) is 4. The Morgan fingerprint density at radius 1 is 1.17 bits per heavy atom. The van der Waals surface area contributed by atoms with E-state index in [0.717, 1.165) is 5.56 Å². The Bertz CT molecular complexity index is 381. The fraction of sp³-hybridized carbons (Fsp3) is 0.571. The zero-order chi connectivity index (χ0) is 12.4. The molecular formula is C14H18O4. The van der Waals surface area contributed by atoms with Crippen LogP contribution in [0.4, 0.5) is 0 Å². The Kier molecular flexibility index (Phi) is 3.61. The maximum Gasteiger partial charge on any atom is 0.186 e. The van der Waals surface area contributed by atoms with Gasteiger partial charge in [-0.25, -0.2) is 0 Å². The summed E-state index contributed by atoms with van der Waals surface area (Å²) in [7, 11) is 0. The lowest BCUT2D eigenvalue weighted by molar-refractivity contribution is -0.221. The van der Waals surface area contributed by atoms with E-state index in [1.165, 1.54) is 0 Å². The summed E-state index contributed by atoms with van der Waals surface area (Å²) in [6.07, 6.45) is -0.427. The van der Waals surface area contributed by atoms with Crippen LogP contribution in [0.3, 0.4) is 0 Å². The van der Waals surface area contributed by atoms with E-state index in [0.29, 0.717) is 19.8 Å². The molecule has 4 atom stereocenters. The van der Waals surface area contributed by atoms with Gasteiger partial charge in [0.1, 0.15) is 12.2 Å². The first-order valence-electron chi connectivity index (χ1n) is 6.39. The Morgan fingerprint density at radius 2 is 1.94 bits per heavy atom. The standard InChI is InChI=1S/C14H18O4/c1-10-12(13-14(18-10)16-8-7-15-13)17-9-11-5-3-2-4-6-11/h2-6,10,12-14H,7-9H2,1H3/t10-,12+,13-,14+/m1/s1. The Morgan fingerprint density at radius 3 is 2.78 bits per heavy atom. The highest BCUT2D eigenvalue weighted by Crippen LogP contribution is 2.29. The first-order valence-corrected chi connectivity index (χ1v) is 6.39. The molecule has 0 aromatic heterocycles. The molecule has 0 amide bonds. The monoisotopic (exact) mass is 250 g/mol. The molecule has 2 fully saturated rings. The molecule has 2 aliphatic heterocycles. The van der Waals surface area contributed by atoms with Crippen LogP contribution in [0.25, 0.3) is 0 Å². The molecule has 1 aromatic rings. The fourth-order valence-electron chi connectivity index (χ4n) is 2.44. The van der Waals surface area contributed by atoms with E-state index in [1.54, 1.807) is 0 Å². The van der Waals surface area contributed by atoms with Crippen LogP contribution in [0, 0.1) is 0 Å². The molecular weight excluding hydrogens is 232 g/mol. The van der Waals surface area contributed by atoms with Crippen LogP contribution < -0.4 is 0 Å². The second-order valence-corrected chi connectivity index (χ2v) is 4.68. The second kappa shape index (κ2) is 5.36. The first-order chi connectivity index (χ1) is 8.84. The zero-order valence-electron chi connectivity index (χ0n) is 10.5. The SMILES string of the molecule is C[C@H]1O[C@@H]2OCCO[C@@H]2[C@H]1OCc1ccccc1. The lowest BCUT2D eigenvalue weighted by Crippen LogP contribution is -2.42. The first kappa shape index (κ1) is 12.1. The minimum Gasteiger partial charge on any atom is -0.368 e. The summed E-state index contributed by atoms with van der Waals surface area (Å²) in [5, 5.41) is 0. The van der Waals surface area contributed by atoms with Crippen molar-refractivity contribution in [2.75, 3.05) is 13.2 Å². The number of hydrogen-bond donors (Lipinski definition) is 0. The smallest absolute Gasteiger partial charge is 0.186 e. The summed E-state index contributed by atoms with van der Waals surface area (Å²) in [4.78, 5) is 0. The third-order valence-electron chi connectivity index (χ3n) is 3.36. The molecule has 0 N–H and O–H groups in total. The molecule has 4 heteroatoms. The van der Waals surface area contributed by atoms with Crippen molar-refractivity contribution in [3.63, 3.8) is 0 Å². The number of benzene rings is 1. The van der Waals surface area contributed by atoms with E-state index in [9.17, 15) is 0 Å². The van der Waals surface area contributed by atoms with Gasteiger partial charge in [0.2, 0.25) is 0 Å². The van der Waals surface area contributed by atoms with Crippen LogP contribution in [0.1, 0.15) is 12.5 Å². The molecule has 0 bridgehead atoms. The molecule has 0 unspecified atom stereocenters. The summed E-state index contributed by atoms with van der Waals surface area (Å²) >= 11 is 0. The van der Waals surface area contributed by atoms with Gasteiger partial charge in [-0.3, -0.25) is 0 Å². The van der Waals surface area contributed by atoms with Crippen LogP contribution in [0.15, 0.2) is 30.3 Å². The lowest BCUT2D eigenvalue weighted by atomic mass is 10.1. The quantitative estimate of drug-likeness (QED) is 0.818. The van der Waals surface area contributed by atoms with Crippen molar-refractivity contribution in [1.82, 2.24) is 0 Å². The van der Waals surface area contributed by atoms with Crippen molar-refractivity contribution in [1.29, 1.82) is 0 Å². The summed E-state index contributed by atoms with van der Waals surface area (Å²) in [6.45, 7) is 3.79. The van der Waals surface area contributed by atoms with Crippen LogP contribution in [-0.2, 0) is 25.6 Å². The molecule has 98 valence electrons. The van der Waals surface area contributed by atoms with Crippen molar-refractivity contribution in [3.05, 3.63) is 35.9 Å². The van der Waals surface area contributed by atoms with Crippen molar-refractivity contribution in [3.8, 4) is 0 Å². The maximum atomic E-state index is 5.94. The Balaban J connectivity index is 1.61. The van der Waals surface area contributed by atoms with Crippen molar-refractivity contribution in [2.45, 2.75) is 38.1 Å². The molecule has 0 spiro atoms. The average molecular weight is 250 g/mol. The zero-order valence-corrected chi connectivity index (χ0v) is 10.5. The summed E-state index contributed by atoms with van der Waals surface area (Å²) in [5.41, 5.74) is 1.16. The van der Waals surface area contributed by atoms with Crippen LogP contribution in [0.5, 0.6) is 0 Å². The van der Waals surface area contributed by atoms with Crippen LogP contribution >= 0.6 is 0 Å². The van der Waals surface area contributed by atoms with Gasteiger partial charge in [0.05, 0.1) is 25.9 Å². The van der Waals surface area contributed by atoms with E-state index in [4.69, 9.17) is 18.9 Å². The molecule has 2 aliphatic rings. The van der Waals surface area contributed by atoms with Crippen LogP contribution in [-0.4, -0.2) is 37.8 Å². The number of fused-ring (bicyclic) bond motifs is 1. The third kappa shape index (κ3) is 2.42. The molecule has 2 saturated heterocycles. The molecule has 3 rings (SSSR count). The van der Waals surface area contributed by atoms with Gasteiger partial charge in [0.15, 0.2) is 6.29 Å². The number of rotatable bonds is 3. The van der Waals surface area contributed by atoms with E-state index < -0.39 is 0 Å². The summed E-state index contributed by atoms with van der Waals surface area (Å²) in [5.74, 6) is 0. The summed E-state index contributed by atoms with van der Waals surface area (Å²) in [6, 6.07) is 10.1. The van der Waals surface area contributed by atoms with Gasteiger partial charge in [-0.05, 0) is 12.5 Å². The maximum absolute atomic E-state index is 5.94. The molecule has 0 radical (unpaired) electrons. The molecule has 4 nitrogen and oxygen atoms in total. The van der Waals surface area contributed by atoms with Crippen molar-refractivity contribution >= 4 is 0 Å². The van der Waals surface area contributed by atoms with Gasteiger partial charge in [-0.1, -0.05) is 30.3 Å². The van der Waals surface area contributed by atoms with E-state index in [2.05, 4.69) is 12.1 Å². The van der Waals surface area contributed by atoms with Gasteiger partial charge in [-0.15, -0.1) is 0 Å². The highest BCUT2D eigenvalue weighted by molar-refractivity contribution is 5.13. The Labute approximate surface area is 107 Å². The summed E-state index contributed by atoms with van der Waals surface area (Å²) < 4.78 is 22.9. The Hall–Kier alpha value is -0.940. The highest BCUT2D eigenvalue weighted by Gasteiger charge is 2.46. The largest absolute Gasteiger partial charge is 0.368 e. The van der Waals surface area contributed by atoms with E-state index in [-0.39, 0.29) is 24.6 Å². The minimum atomic E-state index is -0.269. The van der Waals surface area contributed by atoms with Crippen LogP contribution in [0.2, 0.25) is 0 Å². The topological polar surface area (TPSA) is 36.9 Å². The molecule has 0 saturated carbocycles. The molecule has 2 heterocycles. The van der Waals surface area contributed by atoms with Gasteiger partial charge < -0.3 is 18.9 Å². The minimum absolute atomic E-state index is 0.00168. The normalized spacial score (nSPS) is 35.4. The molecule has 1 aromatic carbocycles. The van der Waals surface area contributed by atoms with Gasteiger partial charge in [0, 0.05) is 0 Å². The number of ether oxygens (including phenoxy) is 4. The predicted molar refractivity (Wildman–Crippen MR) is 65.0 cm³/mol. The molecule has 18 heavy (non-hydrogen) atoms. The predicted octanol–water partition coefficient (Wildman–Crippen LogP) is 1.73. The van der Waals surface area contributed by atoms with E-state index in [1.807, 2.05) is 25.1 Å². The lowest BCUT2D eigenvalue weighted by Gasteiger charge is -2.27. The second-order valence-electron chi connectivity index (χ2n) is 4.68. The fourth-order valence-corrected chi connectivity index (χ4v) is 2.44. The van der Waals surface area contributed by atoms with Gasteiger partial charge in [-0.2, -0.15) is 0 Å². The molecule has 0 aliphatic carbocycles. The van der Waals surface area contributed by atoms with Crippen molar-refractivity contribution < 1.29 is 18.9 Å². The highest BCUT2D eigenvalue weighted by atomic mass is 16.7. The average Bonchev–Trinajstić information content (AvgIpc) is 2.73. The van der Waals surface area contributed by atoms with Gasteiger partial charge >= 0.3 is 0 Å². The van der Waals surface area contributed by atoms with Crippen molar-refractivity contribution in [2.24, 2.45) is 0 Å². The van der Waals surface area contributed by atoms with E-state index >= 15 is 0 Å².